The predicted octanol–water partition coefficient (Wildman–Crippen LogP) is 6.40. The minimum absolute atomic E-state index is 0.126. The molecular formula is C31H36N4OS. The number of fused-ring (bicyclic) bond motifs is 1. The summed E-state index contributed by atoms with van der Waals surface area (Å²) in [5.41, 5.74) is 4.66. The summed E-state index contributed by atoms with van der Waals surface area (Å²) in [7, 11) is 0. The van der Waals surface area contributed by atoms with Crippen LogP contribution >= 0.6 is 11.3 Å². The van der Waals surface area contributed by atoms with Crippen LogP contribution < -0.4 is 4.90 Å². The zero-order valence-electron chi connectivity index (χ0n) is 22.2. The number of nitrogens with zero attached hydrogens (tertiary/aromatic N) is 4. The van der Waals surface area contributed by atoms with E-state index in [0.717, 1.165) is 54.4 Å². The summed E-state index contributed by atoms with van der Waals surface area (Å²) in [5.74, 6) is 2.05. The summed E-state index contributed by atoms with van der Waals surface area (Å²) in [6, 6.07) is 18.7. The normalized spacial score (nSPS) is 13.9. The zero-order valence-corrected chi connectivity index (χ0v) is 23.0. The molecule has 2 aromatic carbocycles. The predicted molar refractivity (Wildman–Crippen MR) is 154 cm³/mol. The van der Waals surface area contributed by atoms with Crippen LogP contribution in [0.3, 0.4) is 0 Å². The number of rotatable bonds is 8. The fraction of sp³-hybridized carbons (Fsp3) is 0.387. The van der Waals surface area contributed by atoms with Crippen LogP contribution in [0.5, 0.6) is 0 Å². The van der Waals surface area contributed by atoms with Gasteiger partial charge in [-0.3, -0.25) is 4.79 Å². The van der Waals surface area contributed by atoms with Gasteiger partial charge in [-0.15, -0.1) is 11.3 Å². The number of amides is 1. The third-order valence-corrected chi connectivity index (χ3v) is 8.52. The van der Waals surface area contributed by atoms with Gasteiger partial charge in [-0.25, -0.2) is 9.97 Å². The van der Waals surface area contributed by atoms with Gasteiger partial charge in [-0.1, -0.05) is 55.8 Å². The SMILES string of the molecule is CCCCc1ccc(C(=O)N2CCN(c3nc(CCc4ccccc4)nc4sc(C)c(C)c34)CC2)cc1. The van der Waals surface area contributed by atoms with E-state index in [1.54, 1.807) is 11.3 Å². The Morgan fingerprint density at radius 2 is 1.57 bits per heavy atom. The van der Waals surface area contributed by atoms with Crippen LogP contribution in [0.1, 0.15) is 57.5 Å². The summed E-state index contributed by atoms with van der Waals surface area (Å²) in [4.78, 5) is 29.9. The minimum atomic E-state index is 0.126. The van der Waals surface area contributed by atoms with Gasteiger partial charge in [-0.2, -0.15) is 0 Å². The third kappa shape index (κ3) is 5.69. The van der Waals surface area contributed by atoms with E-state index in [0.29, 0.717) is 13.1 Å². The van der Waals surface area contributed by atoms with Crippen molar-refractivity contribution in [3.05, 3.63) is 87.6 Å². The lowest BCUT2D eigenvalue weighted by Gasteiger charge is -2.36. The topological polar surface area (TPSA) is 49.3 Å². The number of thiophene rings is 1. The summed E-state index contributed by atoms with van der Waals surface area (Å²) in [6.07, 6.45) is 5.18. The van der Waals surface area contributed by atoms with E-state index in [-0.39, 0.29) is 5.91 Å². The standard InChI is InChI=1S/C31H36N4OS/c1-4-5-9-25-12-15-26(16-13-25)31(36)35-20-18-34(19-21-35)29-28-22(2)23(3)37-30(28)33-27(32-29)17-14-24-10-7-6-8-11-24/h6-8,10-13,15-16H,4-5,9,14,17-21H2,1-3H3. The molecule has 1 fully saturated rings. The molecule has 5 rings (SSSR count). The maximum absolute atomic E-state index is 13.2. The van der Waals surface area contributed by atoms with E-state index >= 15 is 0 Å². The van der Waals surface area contributed by atoms with Crippen molar-refractivity contribution in [2.75, 3.05) is 31.1 Å². The van der Waals surface area contributed by atoms with Crippen molar-refractivity contribution in [1.82, 2.24) is 14.9 Å². The maximum atomic E-state index is 13.2. The fourth-order valence-corrected chi connectivity index (χ4v) is 6.05. The van der Waals surface area contributed by atoms with E-state index in [4.69, 9.17) is 9.97 Å². The molecular weight excluding hydrogens is 476 g/mol. The van der Waals surface area contributed by atoms with Crippen LogP contribution in [-0.4, -0.2) is 47.0 Å². The molecule has 0 atom stereocenters. The summed E-state index contributed by atoms with van der Waals surface area (Å²) < 4.78 is 0. The monoisotopic (exact) mass is 512 g/mol. The number of unbranched alkanes of at least 4 members (excludes halogenated alkanes) is 1. The van der Waals surface area contributed by atoms with E-state index in [1.165, 1.54) is 39.8 Å². The molecule has 6 heteroatoms. The Morgan fingerprint density at radius 3 is 2.27 bits per heavy atom. The van der Waals surface area contributed by atoms with Crippen LogP contribution in [-0.2, 0) is 19.3 Å². The van der Waals surface area contributed by atoms with Crippen molar-refractivity contribution >= 4 is 33.3 Å². The molecule has 0 radical (unpaired) electrons. The Labute approximate surface area is 224 Å². The number of aromatic nitrogens is 2. The second-order valence-electron chi connectivity index (χ2n) is 9.99. The first-order valence-electron chi connectivity index (χ1n) is 13.5. The highest BCUT2D eigenvalue weighted by molar-refractivity contribution is 7.18. The van der Waals surface area contributed by atoms with Gasteiger partial charge in [0.25, 0.3) is 5.91 Å². The van der Waals surface area contributed by atoms with Crippen LogP contribution in [0.2, 0.25) is 0 Å². The molecule has 2 aromatic heterocycles. The average Bonchev–Trinajstić information content (AvgIpc) is 3.23. The number of benzene rings is 2. The molecule has 5 nitrogen and oxygen atoms in total. The molecule has 1 aliphatic heterocycles. The quantitative estimate of drug-likeness (QED) is 0.274. The smallest absolute Gasteiger partial charge is 0.253 e. The Morgan fingerprint density at radius 1 is 0.865 bits per heavy atom. The van der Waals surface area contributed by atoms with E-state index in [2.05, 4.69) is 62.1 Å². The van der Waals surface area contributed by atoms with E-state index in [1.807, 2.05) is 23.1 Å². The van der Waals surface area contributed by atoms with Gasteiger partial charge in [0.05, 0.1) is 5.39 Å². The molecule has 1 amide bonds. The number of carbonyl (C=O) groups excluding carboxylic acids is 1. The Hall–Kier alpha value is -3.25. The highest BCUT2D eigenvalue weighted by atomic mass is 32.1. The molecule has 0 unspecified atom stereocenters. The van der Waals surface area contributed by atoms with Crippen LogP contribution in [0.15, 0.2) is 54.6 Å². The van der Waals surface area contributed by atoms with E-state index in [9.17, 15) is 4.79 Å². The highest BCUT2D eigenvalue weighted by Crippen LogP contribution is 2.35. The lowest BCUT2D eigenvalue weighted by Crippen LogP contribution is -2.49. The largest absolute Gasteiger partial charge is 0.352 e. The molecule has 4 aromatic rings. The van der Waals surface area contributed by atoms with Gasteiger partial charge < -0.3 is 9.80 Å². The van der Waals surface area contributed by atoms with Gasteiger partial charge in [0.1, 0.15) is 16.5 Å². The molecule has 0 aliphatic carbocycles. The van der Waals surface area contributed by atoms with Crippen molar-refractivity contribution in [1.29, 1.82) is 0 Å². The van der Waals surface area contributed by atoms with E-state index < -0.39 is 0 Å². The molecule has 3 heterocycles. The summed E-state index contributed by atoms with van der Waals surface area (Å²) in [5, 5.41) is 1.17. The molecule has 37 heavy (non-hydrogen) atoms. The second kappa shape index (κ2) is 11.4. The molecule has 0 bridgehead atoms. The average molecular weight is 513 g/mol. The molecule has 1 saturated heterocycles. The third-order valence-electron chi connectivity index (χ3n) is 7.42. The molecule has 0 saturated carbocycles. The molecule has 0 spiro atoms. The lowest BCUT2D eigenvalue weighted by molar-refractivity contribution is 0.0746. The number of piperazine rings is 1. The summed E-state index contributed by atoms with van der Waals surface area (Å²) >= 11 is 1.76. The minimum Gasteiger partial charge on any atom is -0.352 e. The van der Waals surface area contributed by atoms with Gasteiger partial charge in [0, 0.05) is 43.0 Å². The number of anilines is 1. The Kier molecular flexibility index (Phi) is 7.85. The number of carbonyl (C=O) groups is 1. The number of hydrogen-bond acceptors (Lipinski definition) is 5. The zero-order chi connectivity index (χ0) is 25.8. The van der Waals surface area contributed by atoms with Gasteiger partial charge >= 0.3 is 0 Å². The second-order valence-corrected chi connectivity index (χ2v) is 11.2. The first-order valence-corrected chi connectivity index (χ1v) is 14.3. The van der Waals surface area contributed by atoms with Gasteiger partial charge in [0.2, 0.25) is 0 Å². The maximum Gasteiger partial charge on any atom is 0.253 e. The van der Waals surface area contributed by atoms with Gasteiger partial charge in [-0.05, 0) is 61.9 Å². The van der Waals surface area contributed by atoms with Crippen molar-refractivity contribution in [2.45, 2.75) is 52.9 Å². The Balaban J connectivity index is 1.31. The van der Waals surface area contributed by atoms with Gasteiger partial charge in [0.15, 0.2) is 0 Å². The number of hydrogen-bond donors (Lipinski definition) is 0. The molecule has 1 aliphatic rings. The van der Waals surface area contributed by atoms with Crippen molar-refractivity contribution in [3.63, 3.8) is 0 Å². The van der Waals surface area contributed by atoms with Crippen molar-refractivity contribution in [3.8, 4) is 0 Å². The van der Waals surface area contributed by atoms with Crippen LogP contribution in [0.4, 0.5) is 5.82 Å². The molecule has 192 valence electrons. The van der Waals surface area contributed by atoms with Crippen LogP contribution in [0, 0.1) is 13.8 Å². The fourth-order valence-electron chi connectivity index (χ4n) is 5.01. The molecule has 0 N–H and O–H groups in total. The highest BCUT2D eigenvalue weighted by Gasteiger charge is 2.26. The lowest BCUT2D eigenvalue weighted by atomic mass is 10.1. The number of aryl methyl sites for hydroxylation is 5. The van der Waals surface area contributed by atoms with Crippen LogP contribution in [0.25, 0.3) is 10.2 Å². The first kappa shape index (κ1) is 25.4. The Bertz CT molecular complexity index is 1360. The van der Waals surface area contributed by atoms with Crippen molar-refractivity contribution in [2.24, 2.45) is 0 Å². The van der Waals surface area contributed by atoms with Crippen molar-refractivity contribution < 1.29 is 4.79 Å². The first-order chi connectivity index (χ1) is 18.0. The summed E-state index contributed by atoms with van der Waals surface area (Å²) in [6.45, 7) is 9.49.